The molecule has 0 spiro atoms. The third-order valence-corrected chi connectivity index (χ3v) is 4.88. The Morgan fingerprint density at radius 3 is 2.75 bits per heavy atom. The summed E-state index contributed by atoms with van der Waals surface area (Å²) >= 11 is 3.68. The van der Waals surface area contributed by atoms with E-state index in [0.29, 0.717) is 6.04 Å². The lowest BCUT2D eigenvalue weighted by atomic mass is 10.2. The molecule has 0 aliphatic rings. The molecule has 1 N–H and O–H groups in total. The zero-order valence-electron chi connectivity index (χ0n) is 9.69. The van der Waals surface area contributed by atoms with Gasteiger partial charge in [-0.05, 0) is 48.7 Å². The predicted molar refractivity (Wildman–Crippen MR) is 73.5 cm³/mol. The molecule has 0 fully saturated rings. The standard InChI is InChI=1S/C13H17NS2/c1-10-6-9-16-12(10)5-7-14-11(2)13-4-3-8-15-13/h3-4,6,8-9,11,14H,5,7H2,1-2H3. The Bertz CT molecular complexity index is 417. The van der Waals surface area contributed by atoms with Crippen LogP contribution in [0.1, 0.15) is 28.3 Å². The van der Waals surface area contributed by atoms with Crippen molar-refractivity contribution in [1.29, 1.82) is 0 Å². The van der Waals surface area contributed by atoms with Crippen molar-refractivity contribution in [2.45, 2.75) is 26.3 Å². The van der Waals surface area contributed by atoms with Crippen LogP contribution in [0.3, 0.4) is 0 Å². The quantitative estimate of drug-likeness (QED) is 0.846. The smallest absolute Gasteiger partial charge is 0.0386 e. The van der Waals surface area contributed by atoms with Gasteiger partial charge in [0.15, 0.2) is 0 Å². The topological polar surface area (TPSA) is 12.0 Å². The maximum absolute atomic E-state index is 3.57. The average Bonchev–Trinajstić information content (AvgIpc) is 2.90. The molecular formula is C13H17NS2. The van der Waals surface area contributed by atoms with Gasteiger partial charge in [-0.15, -0.1) is 22.7 Å². The van der Waals surface area contributed by atoms with Crippen molar-refractivity contribution in [1.82, 2.24) is 5.32 Å². The van der Waals surface area contributed by atoms with Crippen LogP contribution in [0.4, 0.5) is 0 Å². The number of aryl methyl sites for hydroxylation is 1. The van der Waals surface area contributed by atoms with Crippen LogP contribution >= 0.6 is 22.7 Å². The first kappa shape index (κ1) is 11.8. The molecule has 2 heterocycles. The van der Waals surface area contributed by atoms with E-state index >= 15 is 0 Å². The van der Waals surface area contributed by atoms with Gasteiger partial charge in [-0.2, -0.15) is 0 Å². The van der Waals surface area contributed by atoms with Gasteiger partial charge in [0.1, 0.15) is 0 Å². The summed E-state index contributed by atoms with van der Waals surface area (Å²) in [5.41, 5.74) is 1.43. The van der Waals surface area contributed by atoms with E-state index in [1.807, 2.05) is 22.7 Å². The molecule has 2 rings (SSSR count). The summed E-state index contributed by atoms with van der Waals surface area (Å²) in [5.74, 6) is 0. The largest absolute Gasteiger partial charge is 0.309 e. The molecular weight excluding hydrogens is 234 g/mol. The van der Waals surface area contributed by atoms with Gasteiger partial charge in [0.05, 0.1) is 0 Å². The van der Waals surface area contributed by atoms with Crippen LogP contribution in [0.2, 0.25) is 0 Å². The molecule has 0 amide bonds. The van der Waals surface area contributed by atoms with Crippen LogP contribution in [0, 0.1) is 6.92 Å². The number of thiophene rings is 2. The number of rotatable bonds is 5. The molecule has 0 aliphatic carbocycles. The summed E-state index contributed by atoms with van der Waals surface area (Å²) in [6, 6.07) is 6.98. The van der Waals surface area contributed by atoms with Crippen LogP contribution in [-0.4, -0.2) is 6.54 Å². The Balaban J connectivity index is 1.78. The minimum absolute atomic E-state index is 0.472. The first-order valence-electron chi connectivity index (χ1n) is 5.57. The first-order chi connectivity index (χ1) is 7.77. The Labute approximate surface area is 105 Å². The molecule has 1 nitrogen and oxygen atoms in total. The van der Waals surface area contributed by atoms with E-state index in [0.717, 1.165) is 13.0 Å². The Morgan fingerprint density at radius 1 is 1.25 bits per heavy atom. The SMILES string of the molecule is Cc1ccsc1CCNC(C)c1cccs1. The van der Waals surface area contributed by atoms with Gasteiger partial charge in [-0.1, -0.05) is 6.07 Å². The molecule has 1 unspecified atom stereocenters. The number of hydrogen-bond donors (Lipinski definition) is 1. The molecule has 0 saturated heterocycles. The maximum Gasteiger partial charge on any atom is 0.0386 e. The monoisotopic (exact) mass is 251 g/mol. The molecule has 0 bridgehead atoms. The lowest BCUT2D eigenvalue weighted by Gasteiger charge is -2.11. The molecule has 2 aromatic rings. The maximum atomic E-state index is 3.57. The van der Waals surface area contributed by atoms with Crippen LogP contribution in [0.15, 0.2) is 29.0 Å². The van der Waals surface area contributed by atoms with E-state index in [4.69, 9.17) is 0 Å². The Hall–Kier alpha value is -0.640. The molecule has 0 aromatic carbocycles. The van der Waals surface area contributed by atoms with Crippen molar-refractivity contribution in [3.8, 4) is 0 Å². The second-order valence-corrected chi connectivity index (χ2v) is 5.95. The highest BCUT2D eigenvalue weighted by Crippen LogP contribution is 2.19. The fraction of sp³-hybridized carbons (Fsp3) is 0.385. The third-order valence-electron chi connectivity index (χ3n) is 2.74. The zero-order valence-corrected chi connectivity index (χ0v) is 11.3. The second-order valence-electron chi connectivity index (χ2n) is 3.97. The lowest BCUT2D eigenvalue weighted by Crippen LogP contribution is -2.20. The van der Waals surface area contributed by atoms with Crippen LogP contribution in [0.5, 0.6) is 0 Å². The highest BCUT2D eigenvalue weighted by Gasteiger charge is 2.05. The number of hydrogen-bond acceptors (Lipinski definition) is 3. The normalized spacial score (nSPS) is 12.9. The molecule has 16 heavy (non-hydrogen) atoms. The average molecular weight is 251 g/mol. The molecule has 86 valence electrons. The fourth-order valence-electron chi connectivity index (χ4n) is 1.70. The summed E-state index contributed by atoms with van der Waals surface area (Å²) in [7, 11) is 0. The van der Waals surface area contributed by atoms with Crippen molar-refractivity contribution in [2.75, 3.05) is 6.54 Å². The van der Waals surface area contributed by atoms with Gasteiger partial charge in [0.25, 0.3) is 0 Å². The highest BCUT2D eigenvalue weighted by molar-refractivity contribution is 7.10. The van der Waals surface area contributed by atoms with Gasteiger partial charge in [0.2, 0.25) is 0 Å². The summed E-state index contributed by atoms with van der Waals surface area (Å²) in [6.45, 7) is 5.47. The lowest BCUT2D eigenvalue weighted by molar-refractivity contribution is 0.586. The van der Waals surface area contributed by atoms with E-state index in [9.17, 15) is 0 Å². The third kappa shape index (κ3) is 2.94. The Kier molecular flexibility index (Phi) is 4.16. The Morgan fingerprint density at radius 2 is 2.12 bits per heavy atom. The molecule has 2 aromatic heterocycles. The van der Waals surface area contributed by atoms with Gasteiger partial charge in [-0.25, -0.2) is 0 Å². The first-order valence-corrected chi connectivity index (χ1v) is 7.33. The molecule has 1 atom stereocenters. The molecule has 3 heteroatoms. The van der Waals surface area contributed by atoms with Gasteiger partial charge >= 0.3 is 0 Å². The van der Waals surface area contributed by atoms with Gasteiger partial charge in [0, 0.05) is 22.3 Å². The molecule has 0 saturated carbocycles. The number of nitrogens with one attached hydrogen (secondary N) is 1. The zero-order chi connectivity index (χ0) is 11.4. The summed E-state index contributed by atoms with van der Waals surface area (Å²) in [4.78, 5) is 2.92. The van der Waals surface area contributed by atoms with Gasteiger partial charge < -0.3 is 5.32 Å². The van der Waals surface area contributed by atoms with Gasteiger partial charge in [-0.3, -0.25) is 0 Å². The van der Waals surface area contributed by atoms with E-state index in [-0.39, 0.29) is 0 Å². The highest BCUT2D eigenvalue weighted by atomic mass is 32.1. The van der Waals surface area contributed by atoms with Crippen molar-refractivity contribution in [2.24, 2.45) is 0 Å². The van der Waals surface area contributed by atoms with E-state index < -0.39 is 0 Å². The predicted octanol–water partition coefficient (Wildman–Crippen LogP) is 4.01. The minimum Gasteiger partial charge on any atom is -0.309 e. The van der Waals surface area contributed by atoms with E-state index in [2.05, 4.69) is 48.1 Å². The summed E-state index contributed by atoms with van der Waals surface area (Å²) in [6.07, 6.45) is 1.14. The summed E-state index contributed by atoms with van der Waals surface area (Å²) < 4.78 is 0. The molecule has 0 aliphatic heterocycles. The van der Waals surface area contributed by atoms with Crippen LogP contribution in [0.25, 0.3) is 0 Å². The van der Waals surface area contributed by atoms with E-state index in [1.165, 1.54) is 15.3 Å². The van der Waals surface area contributed by atoms with Crippen LogP contribution in [-0.2, 0) is 6.42 Å². The van der Waals surface area contributed by atoms with Crippen molar-refractivity contribution in [3.05, 3.63) is 44.3 Å². The summed E-state index contributed by atoms with van der Waals surface area (Å²) in [5, 5.41) is 7.88. The van der Waals surface area contributed by atoms with E-state index in [1.54, 1.807) is 0 Å². The second kappa shape index (κ2) is 5.62. The van der Waals surface area contributed by atoms with Crippen molar-refractivity contribution < 1.29 is 0 Å². The fourth-order valence-corrected chi connectivity index (χ4v) is 3.37. The minimum atomic E-state index is 0.472. The van der Waals surface area contributed by atoms with Crippen molar-refractivity contribution in [3.63, 3.8) is 0 Å². The van der Waals surface area contributed by atoms with Crippen molar-refractivity contribution >= 4 is 22.7 Å². The molecule has 0 radical (unpaired) electrons. The van der Waals surface area contributed by atoms with Crippen LogP contribution < -0.4 is 5.32 Å².